The highest BCUT2D eigenvalue weighted by Crippen LogP contribution is 2.23. The molecular weight excluding hydrogens is 456 g/mol. The lowest BCUT2D eigenvalue weighted by atomic mass is 10.0. The summed E-state index contributed by atoms with van der Waals surface area (Å²) in [5.74, 6) is -0.177. The molecule has 3 aromatic carbocycles. The molecule has 0 saturated heterocycles. The Hall–Kier alpha value is -3.11. The van der Waals surface area contributed by atoms with Crippen molar-refractivity contribution in [1.82, 2.24) is 10.2 Å². The van der Waals surface area contributed by atoms with Gasteiger partial charge in [0, 0.05) is 24.0 Å². The molecule has 35 heavy (non-hydrogen) atoms. The van der Waals surface area contributed by atoms with E-state index in [2.05, 4.69) is 5.32 Å². The number of amides is 2. The van der Waals surface area contributed by atoms with Crippen LogP contribution in [-0.2, 0) is 29.0 Å². The highest BCUT2D eigenvalue weighted by molar-refractivity contribution is 6.31. The van der Waals surface area contributed by atoms with Gasteiger partial charge in [0.15, 0.2) is 0 Å². The summed E-state index contributed by atoms with van der Waals surface area (Å²) in [5, 5.41) is 3.84. The van der Waals surface area contributed by atoms with Gasteiger partial charge in [0.05, 0.1) is 6.42 Å². The molecule has 182 valence electrons. The van der Waals surface area contributed by atoms with Gasteiger partial charge in [-0.2, -0.15) is 0 Å². The minimum Gasteiger partial charge on any atom is -0.352 e. The fourth-order valence-electron chi connectivity index (χ4n) is 4.83. The lowest BCUT2D eigenvalue weighted by Gasteiger charge is -2.32. The van der Waals surface area contributed by atoms with Gasteiger partial charge in [-0.15, -0.1) is 0 Å². The Balaban J connectivity index is 1.67. The van der Waals surface area contributed by atoms with Crippen LogP contribution in [0, 0.1) is 6.92 Å². The third-order valence-corrected chi connectivity index (χ3v) is 7.08. The zero-order valence-electron chi connectivity index (χ0n) is 20.3. The first kappa shape index (κ1) is 25.0. The minimum absolute atomic E-state index is 0.0852. The molecule has 0 bridgehead atoms. The normalized spacial score (nSPS) is 14.5. The van der Waals surface area contributed by atoms with Gasteiger partial charge in [0.2, 0.25) is 11.8 Å². The predicted octanol–water partition coefficient (Wildman–Crippen LogP) is 5.89. The molecule has 1 aliphatic carbocycles. The van der Waals surface area contributed by atoms with Crippen LogP contribution in [0.3, 0.4) is 0 Å². The smallest absolute Gasteiger partial charge is 0.243 e. The van der Waals surface area contributed by atoms with Crippen molar-refractivity contribution < 1.29 is 9.59 Å². The number of carbonyl (C=O) groups is 2. The molecule has 0 radical (unpaired) electrons. The van der Waals surface area contributed by atoms with E-state index in [1.165, 1.54) is 0 Å². The SMILES string of the molecule is Cc1cccc(CC(=O)N(Cc2ccccc2Cl)[C@H](Cc2ccccc2)C(=O)NC2CCCC2)c1. The number of nitrogens with zero attached hydrogens (tertiary/aromatic N) is 1. The van der Waals surface area contributed by atoms with E-state index in [1.54, 1.807) is 4.90 Å². The number of rotatable bonds is 9. The van der Waals surface area contributed by atoms with Crippen LogP contribution in [0.25, 0.3) is 0 Å². The second-order valence-corrected chi connectivity index (χ2v) is 9.88. The second kappa shape index (κ2) is 12.0. The molecule has 1 fully saturated rings. The van der Waals surface area contributed by atoms with Crippen molar-refractivity contribution in [3.63, 3.8) is 0 Å². The van der Waals surface area contributed by atoms with Gasteiger partial charge < -0.3 is 10.2 Å². The van der Waals surface area contributed by atoms with Crippen LogP contribution in [0.1, 0.15) is 47.9 Å². The van der Waals surface area contributed by atoms with E-state index in [0.29, 0.717) is 11.4 Å². The number of aryl methyl sites for hydroxylation is 1. The summed E-state index contributed by atoms with van der Waals surface area (Å²) in [6, 6.07) is 24.9. The molecule has 2 amide bonds. The quantitative estimate of drug-likeness (QED) is 0.408. The minimum atomic E-state index is -0.633. The molecule has 0 heterocycles. The Morgan fingerprint density at radius 2 is 1.63 bits per heavy atom. The first-order valence-corrected chi connectivity index (χ1v) is 12.8. The van der Waals surface area contributed by atoms with E-state index < -0.39 is 6.04 Å². The molecule has 1 aliphatic rings. The van der Waals surface area contributed by atoms with Crippen LogP contribution in [0.4, 0.5) is 0 Å². The van der Waals surface area contributed by atoms with Gasteiger partial charge in [0.1, 0.15) is 6.04 Å². The third-order valence-electron chi connectivity index (χ3n) is 6.71. The highest BCUT2D eigenvalue weighted by Gasteiger charge is 2.32. The van der Waals surface area contributed by atoms with Crippen molar-refractivity contribution in [2.24, 2.45) is 0 Å². The average Bonchev–Trinajstić information content (AvgIpc) is 3.36. The maximum atomic E-state index is 13.8. The number of hydrogen-bond donors (Lipinski definition) is 1. The molecule has 0 aliphatic heterocycles. The van der Waals surface area contributed by atoms with Crippen molar-refractivity contribution in [1.29, 1.82) is 0 Å². The summed E-state index contributed by atoms with van der Waals surface area (Å²) >= 11 is 6.50. The van der Waals surface area contributed by atoms with Crippen LogP contribution in [0.5, 0.6) is 0 Å². The van der Waals surface area contributed by atoms with Crippen LogP contribution >= 0.6 is 11.6 Å². The topological polar surface area (TPSA) is 49.4 Å². The predicted molar refractivity (Wildman–Crippen MR) is 141 cm³/mol. The molecule has 0 unspecified atom stereocenters. The summed E-state index contributed by atoms with van der Waals surface area (Å²) in [5.41, 5.74) is 3.90. The van der Waals surface area contributed by atoms with E-state index >= 15 is 0 Å². The Morgan fingerprint density at radius 3 is 2.34 bits per heavy atom. The first-order valence-electron chi connectivity index (χ1n) is 12.4. The van der Waals surface area contributed by atoms with E-state index in [9.17, 15) is 9.59 Å². The van der Waals surface area contributed by atoms with Crippen molar-refractivity contribution in [3.05, 3.63) is 106 Å². The Labute approximate surface area is 213 Å². The monoisotopic (exact) mass is 488 g/mol. The fourth-order valence-corrected chi connectivity index (χ4v) is 5.03. The molecule has 1 atom stereocenters. The number of hydrogen-bond acceptors (Lipinski definition) is 2. The van der Waals surface area contributed by atoms with Crippen molar-refractivity contribution in [2.75, 3.05) is 0 Å². The Bertz CT molecular complexity index is 1140. The van der Waals surface area contributed by atoms with E-state index in [4.69, 9.17) is 11.6 Å². The van der Waals surface area contributed by atoms with Crippen LogP contribution in [0.15, 0.2) is 78.9 Å². The van der Waals surface area contributed by atoms with Gasteiger partial charge in [-0.3, -0.25) is 9.59 Å². The van der Waals surface area contributed by atoms with Crippen molar-refractivity contribution >= 4 is 23.4 Å². The van der Waals surface area contributed by atoms with Gasteiger partial charge in [0.25, 0.3) is 0 Å². The molecule has 4 rings (SSSR count). The summed E-state index contributed by atoms with van der Waals surface area (Å²) in [7, 11) is 0. The van der Waals surface area contributed by atoms with Crippen LogP contribution in [-0.4, -0.2) is 28.8 Å². The molecule has 0 aromatic heterocycles. The molecule has 4 nitrogen and oxygen atoms in total. The number of carbonyl (C=O) groups excluding carboxylic acids is 2. The van der Waals surface area contributed by atoms with Gasteiger partial charge >= 0.3 is 0 Å². The summed E-state index contributed by atoms with van der Waals surface area (Å²) < 4.78 is 0. The number of halogens is 1. The first-order chi connectivity index (χ1) is 17.0. The highest BCUT2D eigenvalue weighted by atomic mass is 35.5. The maximum absolute atomic E-state index is 13.8. The molecule has 3 aromatic rings. The Morgan fingerprint density at radius 1 is 0.943 bits per heavy atom. The zero-order valence-corrected chi connectivity index (χ0v) is 21.0. The van der Waals surface area contributed by atoms with Crippen molar-refractivity contribution in [2.45, 2.75) is 64.1 Å². The fraction of sp³-hybridized carbons (Fsp3) is 0.333. The molecule has 1 saturated carbocycles. The number of nitrogens with one attached hydrogen (secondary N) is 1. The summed E-state index contributed by atoms with van der Waals surface area (Å²) in [4.78, 5) is 29.2. The standard InChI is InChI=1S/C30H33ClN2O2/c1-22-10-9-13-24(18-22)20-29(34)33(21-25-14-5-8-17-27(25)31)28(19-23-11-3-2-4-12-23)30(35)32-26-15-6-7-16-26/h2-5,8-14,17-18,26,28H,6-7,15-16,19-21H2,1H3,(H,32,35)/t28-/m1/s1. The van der Waals surface area contributed by atoms with E-state index in [1.807, 2.05) is 85.8 Å². The maximum Gasteiger partial charge on any atom is 0.243 e. The lowest BCUT2D eigenvalue weighted by molar-refractivity contribution is -0.141. The van der Waals surface area contributed by atoms with Gasteiger partial charge in [-0.05, 0) is 42.5 Å². The zero-order chi connectivity index (χ0) is 24.6. The van der Waals surface area contributed by atoms with E-state index in [0.717, 1.165) is 47.9 Å². The van der Waals surface area contributed by atoms with E-state index in [-0.39, 0.29) is 30.8 Å². The average molecular weight is 489 g/mol. The van der Waals surface area contributed by atoms with Crippen LogP contribution < -0.4 is 5.32 Å². The van der Waals surface area contributed by atoms with Gasteiger partial charge in [-0.25, -0.2) is 0 Å². The summed E-state index contributed by atoms with van der Waals surface area (Å²) in [6.45, 7) is 2.29. The Kier molecular flexibility index (Phi) is 8.59. The molecular formula is C30H33ClN2O2. The second-order valence-electron chi connectivity index (χ2n) is 9.47. The van der Waals surface area contributed by atoms with Gasteiger partial charge in [-0.1, -0.05) is 103 Å². The lowest BCUT2D eigenvalue weighted by Crippen LogP contribution is -2.52. The summed E-state index contributed by atoms with van der Waals surface area (Å²) in [6.07, 6.45) is 4.92. The largest absolute Gasteiger partial charge is 0.352 e. The molecule has 5 heteroatoms. The molecule has 1 N–H and O–H groups in total. The van der Waals surface area contributed by atoms with Crippen LogP contribution in [0.2, 0.25) is 5.02 Å². The van der Waals surface area contributed by atoms with Crippen molar-refractivity contribution in [3.8, 4) is 0 Å². The number of benzene rings is 3. The molecule has 0 spiro atoms. The third kappa shape index (κ3) is 6.95.